The number of nitrogens with zero attached hydrogens (tertiary/aromatic N) is 1. The van der Waals surface area contributed by atoms with Crippen molar-refractivity contribution in [2.45, 2.75) is 39.2 Å². The van der Waals surface area contributed by atoms with E-state index < -0.39 is 0 Å². The number of hydrogen-bond acceptors (Lipinski definition) is 2. The Morgan fingerprint density at radius 2 is 2.38 bits per heavy atom. The van der Waals surface area contributed by atoms with Gasteiger partial charge in [0.15, 0.2) is 0 Å². The van der Waals surface area contributed by atoms with Crippen molar-refractivity contribution in [1.29, 1.82) is 0 Å². The van der Waals surface area contributed by atoms with Crippen LogP contribution in [0.4, 0.5) is 0 Å². The third kappa shape index (κ3) is 2.21. The van der Waals surface area contributed by atoms with E-state index in [9.17, 15) is 4.79 Å². The molecular weight excluding hydrogens is 166 g/mol. The largest absolute Gasteiger partial charge is 0.396 e. The topological polar surface area (TPSA) is 40.5 Å². The van der Waals surface area contributed by atoms with Crippen molar-refractivity contribution in [1.82, 2.24) is 4.90 Å². The molecule has 2 unspecified atom stereocenters. The SMILES string of the molecule is CCC(CO)C1CCCN1C(C)=O. The number of carbonyl (C=O) groups excluding carboxylic acids is 1. The van der Waals surface area contributed by atoms with Crippen LogP contribution in [0, 0.1) is 5.92 Å². The number of hydrogen-bond donors (Lipinski definition) is 1. The Balaban J connectivity index is 2.61. The third-order valence-electron chi connectivity index (χ3n) is 3.01. The van der Waals surface area contributed by atoms with Gasteiger partial charge >= 0.3 is 0 Å². The number of likely N-dealkylation sites (tertiary alicyclic amines) is 1. The predicted molar refractivity (Wildman–Crippen MR) is 51.3 cm³/mol. The molecule has 0 aromatic heterocycles. The molecule has 13 heavy (non-hydrogen) atoms. The zero-order valence-electron chi connectivity index (χ0n) is 8.49. The first-order chi connectivity index (χ1) is 6.20. The summed E-state index contributed by atoms with van der Waals surface area (Å²) >= 11 is 0. The summed E-state index contributed by atoms with van der Waals surface area (Å²) in [5.41, 5.74) is 0. The Kier molecular flexibility index (Phi) is 3.72. The average molecular weight is 185 g/mol. The summed E-state index contributed by atoms with van der Waals surface area (Å²) in [6.45, 7) is 4.75. The van der Waals surface area contributed by atoms with E-state index in [4.69, 9.17) is 5.11 Å². The Hall–Kier alpha value is -0.570. The zero-order chi connectivity index (χ0) is 9.84. The van der Waals surface area contributed by atoms with Crippen LogP contribution in [0.3, 0.4) is 0 Å². The molecule has 1 saturated heterocycles. The van der Waals surface area contributed by atoms with E-state index in [1.54, 1.807) is 6.92 Å². The summed E-state index contributed by atoms with van der Waals surface area (Å²) in [6.07, 6.45) is 3.09. The maximum absolute atomic E-state index is 11.2. The first-order valence-corrected chi connectivity index (χ1v) is 5.08. The minimum Gasteiger partial charge on any atom is -0.396 e. The van der Waals surface area contributed by atoms with Crippen molar-refractivity contribution in [3.8, 4) is 0 Å². The lowest BCUT2D eigenvalue weighted by molar-refractivity contribution is -0.130. The first-order valence-electron chi connectivity index (χ1n) is 5.08. The summed E-state index contributed by atoms with van der Waals surface area (Å²) in [5.74, 6) is 0.417. The molecule has 1 N–H and O–H groups in total. The van der Waals surface area contributed by atoms with Gasteiger partial charge in [0.25, 0.3) is 0 Å². The van der Waals surface area contributed by atoms with Crippen LogP contribution in [0.15, 0.2) is 0 Å². The van der Waals surface area contributed by atoms with Gasteiger partial charge in [0.1, 0.15) is 0 Å². The maximum Gasteiger partial charge on any atom is 0.219 e. The van der Waals surface area contributed by atoms with Gasteiger partial charge in [-0.1, -0.05) is 6.92 Å². The van der Waals surface area contributed by atoms with Crippen LogP contribution in [-0.4, -0.2) is 35.1 Å². The molecule has 0 aromatic carbocycles. The second kappa shape index (κ2) is 4.61. The smallest absolute Gasteiger partial charge is 0.219 e. The lowest BCUT2D eigenvalue weighted by Gasteiger charge is -2.29. The van der Waals surface area contributed by atoms with Gasteiger partial charge in [-0.3, -0.25) is 4.79 Å². The van der Waals surface area contributed by atoms with Crippen molar-refractivity contribution >= 4 is 5.91 Å². The second-order valence-electron chi connectivity index (χ2n) is 3.77. The second-order valence-corrected chi connectivity index (χ2v) is 3.77. The van der Waals surface area contributed by atoms with E-state index in [1.165, 1.54) is 0 Å². The summed E-state index contributed by atoms with van der Waals surface area (Å²) in [5, 5.41) is 9.15. The van der Waals surface area contributed by atoms with Crippen LogP contribution in [0.5, 0.6) is 0 Å². The van der Waals surface area contributed by atoms with Crippen LogP contribution in [-0.2, 0) is 4.79 Å². The van der Waals surface area contributed by atoms with E-state index in [-0.39, 0.29) is 24.5 Å². The molecule has 0 bridgehead atoms. The van der Waals surface area contributed by atoms with E-state index in [1.807, 2.05) is 4.90 Å². The summed E-state index contributed by atoms with van der Waals surface area (Å²) in [6, 6.07) is 0.285. The molecule has 1 rings (SSSR count). The van der Waals surface area contributed by atoms with Gasteiger partial charge in [-0.15, -0.1) is 0 Å². The van der Waals surface area contributed by atoms with Gasteiger partial charge in [0.2, 0.25) is 5.91 Å². The highest BCUT2D eigenvalue weighted by Crippen LogP contribution is 2.25. The van der Waals surface area contributed by atoms with E-state index in [0.717, 1.165) is 25.8 Å². The van der Waals surface area contributed by atoms with Crippen LogP contribution >= 0.6 is 0 Å². The molecule has 3 heteroatoms. The lowest BCUT2D eigenvalue weighted by Crippen LogP contribution is -2.39. The molecule has 0 saturated carbocycles. The van der Waals surface area contributed by atoms with E-state index in [2.05, 4.69) is 6.92 Å². The fourth-order valence-corrected chi connectivity index (χ4v) is 2.20. The van der Waals surface area contributed by atoms with Crippen LogP contribution in [0.25, 0.3) is 0 Å². The summed E-state index contributed by atoms with van der Waals surface area (Å²) in [7, 11) is 0. The number of aliphatic hydroxyl groups is 1. The molecule has 0 aromatic rings. The van der Waals surface area contributed by atoms with Crippen molar-refractivity contribution in [3.63, 3.8) is 0 Å². The molecule has 1 aliphatic rings. The molecule has 0 aliphatic carbocycles. The Labute approximate surface area is 79.7 Å². The minimum atomic E-state index is 0.148. The van der Waals surface area contributed by atoms with Crippen molar-refractivity contribution in [3.05, 3.63) is 0 Å². The normalized spacial score (nSPS) is 24.8. The highest BCUT2D eigenvalue weighted by Gasteiger charge is 2.31. The van der Waals surface area contributed by atoms with Gasteiger partial charge in [0, 0.05) is 32.0 Å². The Morgan fingerprint density at radius 3 is 2.85 bits per heavy atom. The van der Waals surface area contributed by atoms with E-state index in [0.29, 0.717) is 0 Å². The molecular formula is C10H19NO2. The zero-order valence-corrected chi connectivity index (χ0v) is 8.49. The van der Waals surface area contributed by atoms with Crippen molar-refractivity contribution in [2.75, 3.05) is 13.2 Å². The summed E-state index contributed by atoms with van der Waals surface area (Å²) < 4.78 is 0. The molecule has 1 heterocycles. The predicted octanol–water partition coefficient (Wildman–Crippen LogP) is 1.02. The summed E-state index contributed by atoms with van der Waals surface area (Å²) in [4.78, 5) is 13.1. The molecule has 0 radical (unpaired) electrons. The highest BCUT2D eigenvalue weighted by molar-refractivity contribution is 5.73. The standard InChI is InChI=1S/C10H19NO2/c1-3-9(7-12)10-5-4-6-11(10)8(2)13/h9-10,12H,3-7H2,1-2H3. The van der Waals surface area contributed by atoms with Gasteiger partial charge < -0.3 is 10.0 Å². The Bertz CT molecular complexity index is 178. The van der Waals surface area contributed by atoms with Gasteiger partial charge in [-0.05, 0) is 19.3 Å². The number of aliphatic hydroxyl groups excluding tert-OH is 1. The molecule has 3 nitrogen and oxygen atoms in total. The van der Waals surface area contributed by atoms with Crippen molar-refractivity contribution in [2.24, 2.45) is 5.92 Å². The minimum absolute atomic E-state index is 0.148. The quantitative estimate of drug-likeness (QED) is 0.713. The first kappa shape index (κ1) is 10.5. The number of rotatable bonds is 3. The molecule has 2 atom stereocenters. The van der Waals surface area contributed by atoms with Crippen molar-refractivity contribution < 1.29 is 9.90 Å². The van der Waals surface area contributed by atoms with Crippen LogP contribution in [0.2, 0.25) is 0 Å². The van der Waals surface area contributed by atoms with Crippen LogP contribution < -0.4 is 0 Å². The highest BCUT2D eigenvalue weighted by atomic mass is 16.3. The molecule has 1 amide bonds. The Morgan fingerprint density at radius 1 is 1.69 bits per heavy atom. The maximum atomic E-state index is 11.2. The van der Waals surface area contributed by atoms with Gasteiger partial charge in [-0.25, -0.2) is 0 Å². The molecule has 1 fully saturated rings. The fourth-order valence-electron chi connectivity index (χ4n) is 2.20. The molecule has 0 spiro atoms. The van der Waals surface area contributed by atoms with Crippen LogP contribution in [0.1, 0.15) is 33.1 Å². The number of carbonyl (C=O) groups is 1. The molecule has 76 valence electrons. The van der Waals surface area contributed by atoms with Gasteiger partial charge in [0.05, 0.1) is 0 Å². The monoisotopic (exact) mass is 185 g/mol. The molecule has 1 aliphatic heterocycles. The fraction of sp³-hybridized carbons (Fsp3) is 0.900. The van der Waals surface area contributed by atoms with Gasteiger partial charge in [-0.2, -0.15) is 0 Å². The average Bonchev–Trinajstić information content (AvgIpc) is 2.55. The number of amides is 1. The van der Waals surface area contributed by atoms with E-state index >= 15 is 0 Å². The lowest BCUT2D eigenvalue weighted by atomic mass is 9.96. The third-order valence-corrected chi connectivity index (χ3v) is 3.01.